The number of rotatable bonds is 6. The van der Waals surface area contributed by atoms with Gasteiger partial charge in [-0.05, 0) is 32.3 Å². The molecule has 19 heavy (non-hydrogen) atoms. The van der Waals surface area contributed by atoms with Crippen molar-refractivity contribution >= 4 is 21.9 Å². The van der Waals surface area contributed by atoms with E-state index in [2.05, 4.69) is 15.9 Å². The average Bonchev–Trinajstić information content (AvgIpc) is 2.27. The maximum atomic E-state index is 10.9. The number of nitrogens with two attached hydrogens (primary N) is 1. The van der Waals surface area contributed by atoms with Crippen LogP contribution < -0.4 is 10.5 Å². The highest BCUT2D eigenvalue weighted by Gasteiger charge is 2.27. The van der Waals surface area contributed by atoms with Crippen LogP contribution in [0, 0.1) is 0 Å². The number of carbonyl (C=O) groups is 1. The van der Waals surface area contributed by atoms with Crippen molar-refractivity contribution in [3.63, 3.8) is 0 Å². The van der Waals surface area contributed by atoms with Gasteiger partial charge in [0, 0.05) is 16.1 Å². The Morgan fingerprint density at radius 3 is 2.63 bits per heavy atom. The molecule has 2 atom stereocenters. The molecular weight excluding hydrogens is 312 g/mol. The lowest BCUT2D eigenvalue weighted by Crippen LogP contribution is -2.39. The fourth-order valence-corrected chi connectivity index (χ4v) is 2.52. The lowest BCUT2D eigenvalue weighted by atomic mass is 9.95. The van der Waals surface area contributed by atoms with Gasteiger partial charge in [-0.1, -0.05) is 15.9 Å². The number of likely N-dealkylation sites (N-methyl/N-ethyl adjacent to an activating group) is 1. The second-order valence-electron chi connectivity index (χ2n) is 4.56. The Morgan fingerprint density at radius 1 is 1.53 bits per heavy atom. The molecule has 0 fully saturated rings. The molecule has 1 rings (SSSR count). The van der Waals surface area contributed by atoms with Crippen molar-refractivity contribution < 1.29 is 14.6 Å². The molecule has 0 aliphatic heterocycles. The number of hydrogen-bond donors (Lipinski definition) is 2. The third-order valence-corrected chi connectivity index (χ3v) is 3.38. The number of benzene rings is 1. The molecule has 5 nitrogen and oxygen atoms in total. The van der Waals surface area contributed by atoms with Crippen molar-refractivity contribution in [1.82, 2.24) is 4.90 Å². The summed E-state index contributed by atoms with van der Waals surface area (Å²) in [4.78, 5) is 12.8. The van der Waals surface area contributed by atoms with Crippen LogP contribution in [0.3, 0.4) is 0 Å². The molecule has 0 saturated carbocycles. The van der Waals surface area contributed by atoms with Gasteiger partial charge in [0.15, 0.2) is 0 Å². The van der Waals surface area contributed by atoms with Gasteiger partial charge in [-0.15, -0.1) is 0 Å². The fourth-order valence-electron chi connectivity index (χ4n) is 2.14. The SMILES string of the molecule is COc1ccc(Br)cc1C(C(N)CC(=O)O)N(C)C. The highest BCUT2D eigenvalue weighted by atomic mass is 79.9. The van der Waals surface area contributed by atoms with Gasteiger partial charge in [-0.2, -0.15) is 0 Å². The van der Waals surface area contributed by atoms with E-state index in [0.717, 1.165) is 10.0 Å². The third kappa shape index (κ3) is 4.19. The average molecular weight is 331 g/mol. The van der Waals surface area contributed by atoms with Crippen LogP contribution in [0.5, 0.6) is 5.75 Å². The Bertz CT molecular complexity index is 452. The number of aliphatic carboxylic acids is 1. The number of hydrogen-bond acceptors (Lipinski definition) is 4. The Balaban J connectivity index is 3.18. The molecule has 1 aromatic carbocycles. The summed E-state index contributed by atoms with van der Waals surface area (Å²) in [5.41, 5.74) is 6.90. The minimum atomic E-state index is -0.909. The summed E-state index contributed by atoms with van der Waals surface area (Å²) < 4.78 is 6.24. The normalized spacial score (nSPS) is 14.2. The summed E-state index contributed by atoms with van der Waals surface area (Å²) in [6, 6.07) is 4.87. The summed E-state index contributed by atoms with van der Waals surface area (Å²) in [5, 5.41) is 8.90. The highest BCUT2D eigenvalue weighted by molar-refractivity contribution is 9.10. The Labute approximate surface area is 121 Å². The van der Waals surface area contributed by atoms with Gasteiger partial charge in [0.05, 0.1) is 19.6 Å². The van der Waals surface area contributed by atoms with E-state index in [-0.39, 0.29) is 12.5 Å². The topological polar surface area (TPSA) is 75.8 Å². The van der Waals surface area contributed by atoms with Crippen molar-refractivity contribution in [2.45, 2.75) is 18.5 Å². The molecule has 2 unspecified atom stereocenters. The summed E-state index contributed by atoms with van der Waals surface area (Å²) in [7, 11) is 5.32. The molecule has 0 bridgehead atoms. The van der Waals surface area contributed by atoms with Crippen LogP contribution in [-0.2, 0) is 4.79 Å². The number of halogens is 1. The van der Waals surface area contributed by atoms with E-state index in [4.69, 9.17) is 15.6 Å². The molecular formula is C13H19BrN2O3. The largest absolute Gasteiger partial charge is 0.496 e. The maximum Gasteiger partial charge on any atom is 0.304 e. The zero-order valence-electron chi connectivity index (χ0n) is 11.3. The van der Waals surface area contributed by atoms with E-state index in [1.54, 1.807) is 7.11 Å². The van der Waals surface area contributed by atoms with E-state index < -0.39 is 12.0 Å². The molecule has 0 heterocycles. The van der Waals surface area contributed by atoms with E-state index in [9.17, 15) is 4.79 Å². The Hall–Kier alpha value is -1.11. The van der Waals surface area contributed by atoms with Crippen LogP contribution in [-0.4, -0.2) is 43.2 Å². The quantitative estimate of drug-likeness (QED) is 0.832. The second-order valence-corrected chi connectivity index (χ2v) is 5.47. The standard InChI is InChI=1S/C13H19BrN2O3/c1-16(2)13(10(15)7-12(17)18)9-6-8(14)4-5-11(9)19-3/h4-6,10,13H,7,15H2,1-3H3,(H,17,18). The van der Waals surface area contributed by atoms with Gasteiger partial charge in [-0.25, -0.2) is 0 Å². The molecule has 0 radical (unpaired) electrons. The fraction of sp³-hybridized carbons (Fsp3) is 0.462. The second kappa shape index (κ2) is 6.88. The van der Waals surface area contributed by atoms with Crippen LogP contribution >= 0.6 is 15.9 Å². The van der Waals surface area contributed by atoms with E-state index >= 15 is 0 Å². The first-order chi connectivity index (χ1) is 8.86. The minimum absolute atomic E-state index is 0.0987. The molecule has 0 spiro atoms. The summed E-state index contributed by atoms with van der Waals surface area (Å²) in [5.74, 6) is -0.212. The van der Waals surface area contributed by atoms with Crippen LogP contribution in [0.1, 0.15) is 18.0 Å². The number of carboxylic acid groups (broad SMARTS) is 1. The minimum Gasteiger partial charge on any atom is -0.496 e. The van der Waals surface area contributed by atoms with Crippen LogP contribution in [0.25, 0.3) is 0 Å². The van der Waals surface area contributed by atoms with Crippen molar-refractivity contribution in [2.24, 2.45) is 5.73 Å². The number of nitrogens with zero attached hydrogens (tertiary/aromatic N) is 1. The summed E-state index contributed by atoms with van der Waals surface area (Å²) in [6.45, 7) is 0. The molecule has 0 amide bonds. The number of methoxy groups -OCH3 is 1. The molecule has 6 heteroatoms. The van der Waals surface area contributed by atoms with Crippen LogP contribution in [0.4, 0.5) is 0 Å². The summed E-state index contributed by atoms with van der Waals surface area (Å²) in [6.07, 6.45) is -0.0987. The van der Waals surface area contributed by atoms with Gasteiger partial charge >= 0.3 is 5.97 Å². The van der Waals surface area contributed by atoms with Gasteiger partial charge in [0.1, 0.15) is 5.75 Å². The first-order valence-electron chi connectivity index (χ1n) is 5.84. The van der Waals surface area contributed by atoms with Gasteiger partial charge in [0.2, 0.25) is 0 Å². The van der Waals surface area contributed by atoms with Gasteiger partial charge in [-0.3, -0.25) is 4.79 Å². The molecule has 1 aromatic rings. The first-order valence-corrected chi connectivity index (χ1v) is 6.63. The predicted molar refractivity (Wildman–Crippen MR) is 77.4 cm³/mol. The smallest absolute Gasteiger partial charge is 0.304 e. The lowest BCUT2D eigenvalue weighted by molar-refractivity contribution is -0.137. The molecule has 0 aromatic heterocycles. The Kier molecular flexibility index (Phi) is 5.78. The summed E-state index contributed by atoms with van der Waals surface area (Å²) >= 11 is 3.41. The number of carboxylic acids is 1. The lowest BCUT2D eigenvalue weighted by Gasteiger charge is -2.30. The van der Waals surface area contributed by atoms with Gasteiger partial charge < -0.3 is 20.5 Å². The molecule has 106 valence electrons. The van der Waals surface area contributed by atoms with E-state index in [0.29, 0.717) is 5.75 Å². The highest BCUT2D eigenvalue weighted by Crippen LogP contribution is 2.33. The van der Waals surface area contributed by atoms with Crippen molar-refractivity contribution in [3.05, 3.63) is 28.2 Å². The predicted octanol–water partition coefficient (Wildman–Crippen LogP) is 1.86. The zero-order chi connectivity index (χ0) is 14.6. The molecule has 0 aliphatic rings. The van der Waals surface area contributed by atoms with Gasteiger partial charge in [0.25, 0.3) is 0 Å². The van der Waals surface area contributed by atoms with Crippen molar-refractivity contribution in [2.75, 3.05) is 21.2 Å². The Morgan fingerprint density at radius 2 is 2.16 bits per heavy atom. The van der Waals surface area contributed by atoms with Crippen molar-refractivity contribution in [3.8, 4) is 5.75 Å². The maximum absolute atomic E-state index is 10.9. The van der Waals surface area contributed by atoms with Crippen LogP contribution in [0.2, 0.25) is 0 Å². The molecule has 0 saturated heterocycles. The monoisotopic (exact) mass is 330 g/mol. The van der Waals surface area contributed by atoms with E-state index in [1.807, 2.05) is 37.2 Å². The third-order valence-electron chi connectivity index (χ3n) is 2.88. The molecule has 3 N–H and O–H groups in total. The van der Waals surface area contributed by atoms with Crippen molar-refractivity contribution in [1.29, 1.82) is 0 Å². The first kappa shape index (κ1) is 15.9. The number of ether oxygens (including phenoxy) is 1. The van der Waals surface area contributed by atoms with E-state index in [1.165, 1.54) is 0 Å². The molecule has 0 aliphatic carbocycles. The van der Waals surface area contributed by atoms with Crippen LogP contribution in [0.15, 0.2) is 22.7 Å². The zero-order valence-corrected chi connectivity index (χ0v) is 12.8.